The summed E-state index contributed by atoms with van der Waals surface area (Å²) in [5.41, 5.74) is 0.634. The smallest absolute Gasteiger partial charge is 0.227 e. The molecule has 0 saturated heterocycles. The summed E-state index contributed by atoms with van der Waals surface area (Å²) in [5, 5.41) is 16.3. The minimum absolute atomic E-state index is 0.0986. The van der Waals surface area contributed by atoms with Gasteiger partial charge < -0.3 is 14.9 Å². The third-order valence-electron chi connectivity index (χ3n) is 3.46. The number of hydrogen-bond donors (Lipinski definition) is 2. The zero-order chi connectivity index (χ0) is 16.7. The van der Waals surface area contributed by atoms with Crippen LogP contribution in [0.4, 0.5) is 0 Å². The first-order valence-corrected chi connectivity index (χ1v) is 7.75. The van der Waals surface area contributed by atoms with Gasteiger partial charge in [-0.2, -0.15) is 4.98 Å². The SMILES string of the molecule is CC(C)C(O)CCNC(=O)CCc1nc(-c2ccccn2)no1. The molecule has 7 heteroatoms. The highest BCUT2D eigenvalue weighted by Gasteiger charge is 2.12. The lowest BCUT2D eigenvalue weighted by molar-refractivity contribution is -0.121. The average Bonchev–Trinajstić information content (AvgIpc) is 3.02. The summed E-state index contributed by atoms with van der Waals surface area (Å²) in [6.07, 6.45) is 2.45. The van der Waals surface area contributed by atoms with Gasteiger partial charge in [-0.05, 0) is 24.5 Å². The van der Waals surface area contributed by atoms with Crippen molar-refractivity contribution in [1.82, 2.24) is 20.4 Å². The molecule has 0 aromatic carbocycles. The fraction of sp³-hybridized carbons (Fsp3) is 0.500. The van der Waals surface area contributed by atoms with E-state index in [2.05, 4.69) is 20.4 Å². The second-order valence-electron chi connectivity index (χ2n) is 5.68. The van der Waals surface area contributed by atoms with Crippen molar-refractivity contribution in [3.63, 3.8) is 0 Å². The second-order valence-corrected chi connectivity index (χ2v) is 5.68. The van der Waals surface area contributed by atoms with Crippen molar-refractivity contribution in [2.45, 2.75) is 39.2 Å². The highest BCUT2D eigenvalue weighted by molar-refractivity contribution is 5.75. The van der Waals surface area contributed by atoms with Gasteiger partial charge in [0.15, 0.2) is 0 Å². The van der Waals surface area contributed by atoms with E-state index >= 15 is 0 Å². The normalized spacial score (nSPS) is 12.3. The van der Waals surface area contributed by atoms with Crippen LogP contribution >= 0.6 is 0 Å². The van der Waals surface area contributed by atoms with Crippen LogP contribution in [0.1, 0.15) is 32.6 Å². The fourth-order valence-corrected chi connectivity index (χ4v) is 1.96. The molecular weight excluding hydrogens is 296 g/mol. The maximum Gasteiger partial charge on any atom is 0.227 e. The van der Waals surface area contributed by atoms with Crippen LogP contribution in [0.3, 0.4) is 0 Å². The van der Waals surface area contributed by atoms with Crippen molar-refractivity contribution < 1.29 is 14.4 Å². The highest BCUT2D eigenvalue weighted by Crippen LogP contribution is 2.12. The second kappa shape index (κ2) is 8.38. The first-order valence-electron chi connectivity index (χ1n) is 7.75. The van der Waals surface area contributed by atoms with E-state index in [0.29, 0.717) is 36.8 Å². The van der Waals surface area contributed by atoms with Gasteiger partial charge in [0, 0.05) is 25.6 Å². The molecule has 0 aliphatic heterocycles. The number of nitrogens with zero attached hydrogens (tertiary/aromatic N) is 3. The van der Waals surface area contributed by atoms with E-state index in [0.717, 1.165) is 0 Å². The molecule has 7 nitrogen and oxygen atoms in total. The lowest BCUT2D eigenvalue weighted by Crippen LogP contribution is -2.28. The topological polar surface area (TPSA) is 101 Å². The molecule has 2 aromatic heterocycles. The van der Waals surface area contributed by atoms with Crippen molar-refractivity contribution in [2.24, 2.45) is 5.92 Å². The van der Waals surface area contributed by atoms with Gasteiger partial charge in [0.1, 0.15) is 5.69 Å². The maximum absolute atomic E-state index is 11.7. The molecule has 0 spiro atoms. The average molecular weight is 318 g/mol. The molecule has 0 aliphatic carbocycles. The number of carbonyl (C=O) groups excluding carboxylic acids is 1. The Morgan fingerprint density at radius 1 is 1.39 bits per heavy atom. The number of aliphatic hydroxyl groups is 1. The molecule has 0 aliphatic rings. The van der Waals surface area contributed by atoms with Gasteiger partial charge in [0.2, 0.25) is 17.6 Å². The molecular formula is C16H22N4O3. The third-order valence-corrected chi connectivity index (χ3v) is 3.46. The number of aryl methyl sites for hydroxylation is 1. The van der Waals surface area contributed by atoms with Crippen LogP contribution in [-0.2, 0) is 11.2 Å². The van der Waals surface area contributed by atoms with Crippen molar-refractivity contribution in [2.75, 3.05) is 6.54 Å². The first-order chi connectivity index (χ1) is 11.1. The Bertz CT molecular complexity index is 613. The predicted octanol–water partition coefficient (Wildman–Crippen LogP) is 1.59. The number of carbonyl (C=O) groups is 1. The number of hydrogen-bond acceptors (Lipinski definition) is 6. The number of aromatic nitrogens is 3. The summed E-state index contributed by atoms with van der Waals surface area (Å²) in [4.78, 5) is 20.1. The van der Waals surface area contributed by atoms with E-state index in [4.69, 9.17) is 4.52 Å². The molecule has 0 fully saturated rings. The Morgan fingerprint density at radius 2 is 2.22 bits per heavy atom. The summed E-state index contributed by atoms with van der Waals surface area (Å²) >= 11 is 0. The quantitative estimate of drug-likeness (QED) is 0.766. The third kappa shape index (κ3) is 5.45. The van der Waals surface area contributed by atoms with Crippen LogP contribution in [0.5, 0.6) is 0 Å². The number of nitrogens with one attached hydrogen (secondary N) is 1. The van der Waals surface area contributed by atoms with Crippen molar-refractivity contribution in [3.05, 3.63) is 30.3 Å². The number of pyridine rings is 1. The molecule has 124 valence electrons. The maximum atomic E-state index is 11.7. The Labute approximate surface area is 135 Å². The minimum atomic E-state index is -0.396. The van der Waals surface area contributed by atoms with Crippen LogP contribution < -0.4 is 5.32 Å². The molecule has 0 bridgehead atoms. The van der Waals surface area contributed by atoms with Gasteiger partial charge in [-0.25, -0.2) is 0 Å². The molecule has 1 amide bonds. The molecule has 1 unspecified atom stereocenters. The van der Waals surface area contributed by atoms with Crippen molar-refractivity contribution in [3.8, 4) is 11.5 Å². The molecule has 2 aromatic rings. The molecule has 23 heavy (non-hydrogen) atoms. The van der Waals surface area contributed by atoms with Crippen LogP contribution in [-0.4, -0.2) is 38.8 Å². The Kier molecular flexibility index (Phi) is 6.22. The Morgan fingerprint density at radius 3 is 2.91 bits per heavy atom. The van der Waals surface area contributed by atoms with Crippen LogP contribution in [0, 0.1) is 5.92 Å². The molecule has 0 saturated carbocycles. The predicted molar refractivity (Wildman–Crippen MR) is 84.3 cm³/mol. The van der Waals surface area contributed by atoms with Crippen molar-refractivity contribution in [1.29, 1.82) is 0 Å². The van der Waals surface area contributed by atoms with E-state index in [9.17, 15) is 9.90 Å². The Hall–Kier alpha value is -2.28. The van der Waals surface area contributed by atoms with Crippen LogP contribution in [0.25, 0.3) is 11.5 Å². The van der Waals surface area contributed by atoms with E-state index in [1.165, 1.54) is 0 Å². The lowest BCUT2D eigenvalue weighted by Gasteiger charge is -2.14. The van der Waals surface area contributed by atoms with E-state index in [1.807, 2.05) is 26.0 Å². The van der Waals surface area contributed by atoms with E-state index in [1.54, 1.807) is 12.3 Å². The van der Waals surface area contributed by atoms with Crippen LogP contribution in [0.15, 0.2) is 28.9 Å². The minimum Gasteiger partial charge on any atom is -0.393 e. The summed E-state index contributed by atoms with van der Waals surface area (Å²) in [7, 11) is 0. The molecule has 2 heterocycles. The molecule has 0 radical (unpaired) electrons. The van der Waals surface area contributed by atoms with Gasteiger partial charge in [0.05, 0.1) is 6.10 Å². The first kappa shape index (κ1) is 17.1. The molecule has 2 rings (SSSR count). The van der Waals surface area contributed by atoms with Crippen molar-refractivity contribution >= 4 is 5.91 Å². The van der Waals surface area contributed by atoms with E-state index in [-0.39, 0.29) is 18.2 Å². The summed E-state index contributed by atoms with van der Waals surface area (Å²) in [6.45, 7) is 4.35. The summed E-state index contributed by atoms with van der Waals surface area (Å²) < 4.78 is 5.12. The Balaban J connectivity index is 1.74. The zero-order valence-corrected chi connectivity index (χ0v) is 13.4. The number of amides is 1. The zero-order valence-electron chi connectivity index (χ0n) is 13.4. The van der Waals surface area contributed by atoms with Gasteiger partial charge >= 0.3 is 0 Å². The van der Waals surface area contributed by atoms with Gasteiger partial charge in [-0.3, -0.25) is 9.78 Å². The largest absolute Gasteiger partial charge is 0.393 e. The number of aliphatic hydroxyl groups excluding tert-OH is 1. The molecule has 2 N–H and O–H groups in total. The van der Waals surface area contributed by atoms with Crippen LogP contribution in [0.2, 0.25) is 0 Å². The van der Waals surface area contributed by atoms with Gasteiger partial charge in [-0.15, -0.1) is 0 Å². The summed E-state index contributed by atoms with van der Waals surface area (Å²) in [6, 6.07) is 5.45. The number of rotatable bonds is 8. The molecule has 1 atom stereocenters. The van der Waals surface area contributed by atoms with E-state index < -0.39 is 6.10 Å². The monoisotopic (exact) mass is 318 g/mol. The van der Waals surface area contributed by atoms with Gasteiger partial charge in [0.25, 0.3) is 0 Å². The highest BCUT2D eigenvalue weighted by atomic mass is 16.5. The lowest BCUT2D eigenvalue weighted by atomic mass is 10.0. The fourth-order valence-electron chi connectivity index (χ4n) is 1.96. The standard InChI is InChI=1S/C16H22N4O3/c1-11(2)13(21)8-10-18-14(22)6-7-15-19-16(20-23-15)12-5-3-4-9-17-12/h3-5,9,11,13,21H,6-8,10H2,1-2H3,(H,18,22). The summed E-state index contributed by atoms with van der Waals surface area (Å²) in [5.74, 6) is 0.915. The van der Waals surface area contributed by atoms with Gasteiger partial charge in [-0.1, -0.05) is 25.1 Å².